The van der Waals surface area contributed by atoms with E-state index in [-0.39, 0.29) is 11.2 Å². The van der Waals surface area contributed by atoms with Gasteiger partial charge in [0.25, 0.3) is 0 Å². The van der Waals surface area contributed by atoms with E-state index in [0.717, 1.165) is 38.9 Å². The number of carbonyl (C=O) groups is 1. The lowest BCUT2D eigenvalue weighted by Gasteiger charge is -2.59. The second kappa shape index (κ2) is 9.75. The van der Waals surface area contributed by atoms with Crippen molar-refractivity contribution >= 4 is 49.0 Å². The molecule has 0 amide bonds. The molecule has 3 saturated carbocycles. The number of nitrogens with two attached hydrogens (primary N) is 1. The van der Waals surface area contributed by atoms with Crippen molar-refractivity contribution in [3.63, 3.8) is 0 Å². The van der Waals surface area contributed by atoms with E-state index in [1.165, 1.54) is 85.1 Å². The summed E-state index contributed by atoms with van der Waals surface area (Å²) in [5, 5.41) is 0.979. The van der Waals surface area contributed by atoms with E-state index in [9.17, 15) is 4.79 Å². The summed E-state index contributed by atoms with van der Waals surface area (Å²) < 4.78 is 0.955. The zero-order chi connectivity index (χ0) is 28.8. The van der Waals surface area contributed by atoms with Crippen LogP contribution in [-0.4, -0.2) is 10.8 Å². The van der Waals surface area contributed by atoms with Crippen LogP contribution >= 0.6 is 27.3 Å². The maximum Gasteiger partial charge on any atom is 0.205 e. The van der Waals surface area contributed by atoms with Gasteiger partial charge in [0.2, 0.25) is 5.78 Å². The average Bonchev–Trinajstić information content (AvgIpc) is 3.49. The van der Waals surface area contributed by atoms with Gasteiger partial charge in [0.05, 0.1) is 11.4 Å². The number of rotatable bonds is 3. The lowest BCUT2D eigenvalue weighted by Crippen LogP contribution is -2.53. The third-order valence-electron chi connectivity index (χ3n) is 12.3. The fourth-order valence-electron chi connectivity index (χ4n) is 10.2. The van der Waals surface area contributed by atoms with Gasteiger partial charge in [-0.05, 0) is 115 Å². The van der Waals surface area contributed by atoms with Crippen LogP contribution in [0.25, 0.3) is 21.3 Å². The molecule has 4 aromatic rings. The molecule has 216 valence electrons. The maximum absolute atomic E-state index is 13.7. The van der Waals surface area contributed by atoms with Gasteiger partial charge in [0, 0.05) is 20.8 Å². The summed E-state index contributed by atoms with van der Waals surface area (Å²) in [7, 11) is 0. The topological polar surface area (TPSA) is 56.0 Å². The summed E-state index contributed by atoms with van der Waals surface area (Å²) in [4.78, 5) is 20.7. The quantitative estimate of drug-likeness (QED) is 0.227. The van der Waals surface area contributed by atoms with E-state index < -0.39 is 0 Å². The number of ketones is 1. The molecular weight excluding hydrogens is 600 g/mol. The van der Waals surface area contributed by atoms with Crippen LogP contribution in [0.3, 0.4) is 0 Å². The highest BCUT2D eigenvalue weighted by Crippen LogP contribution is 2.66. The Morgan fingerprint density at radius 2 is 1.74 bits per heavy atom. The molecule has 0 radical (unpaired) electrons. The highest BCUT2D eigenvalue weighted by molar-refractivity contribution is 9.10. The second-order valence-corrected chi connectivity index (χ2v) is 16.0. The van der Waals surface area contributed by atoms with E-state index >= 15 is 0 Å². The number of carbonyl (C=O) groups excluding carboxylic acids is 1. The lowest BCUT2D eigenvalue weighted by molar-refractivity contribution is -0.0907. The van der Waals surface area contributed by atoms with Gasteiger partial charge in [-0.3, -0.25) is 4.79 Å². The SMILES string of the molecule is C[C@@]12CCCC[C@H]1CC[C@H]1[C@H]2CC[C@]2(C)c3nc4sc(C(=O)c5ccc(Br)cc5)c(N)c4c(-c4ccccc4)c3C[C@@H]12. The second-order valence-electron chi connectivity index (χ2n) is 14.1. The minimum absolute atomic E-state index is 0.0238. The number of nitrogens with zero attached hydrogens (tertiary/aromatic N) is 1. The Bertz CT molecular complexity index is 1710. The van der Waals surface area contributed by atoms with Crippen LogP contribution < -0.4 is 5.73 Å². The Labute approximate surface area is 261 Å². The van der Waals surface area contributed by atoms with Gasteiger partial charge in [-0.2, -0.15) is 0 Å². The van der Waals surface area contributed by atoms with Gasteiger partial charge in [-0.1, -0.05) is 73.0 Å². The smallest absolute Gasteiger partial charge is 0.205 e. The van der Waals surface area contributed by atoms with Crippen LogP contribution in [0.5, 0.6) is 0 Å². The summed E-state index contributed by atoms with van der Waals surface area (Å²) >= 11 is 4.97. The van der Waals surface area contributed by atoms with Crippen LogP contribution in [0, 0.1) is 29.1 Å². The standard InChI is InChI=1S/C37H39BrN2OS/c1-36-18-7-6-10-23(36)13-16-25-27(36)17-19-37(2)28(25)20-26-29(21-8-4-3-5-9-21)30-31(39)33(42-35(30)40-34(26)37)32(41)22-11-14-24(38)15-12-22/h3-5,8-9,11-12,14-15,23,25,27-28H,6-7,10,13,16-20,39H2,1-2H3/t23-,25-,27+,28-,36+,37-/m0/s1. The Morgan fingerprint density at radius 1 is 0.952 bits per heavy atom. The molecule has 0 bridgehead atoms. The predicted molar refractivity (Wildman–Crippen MR) is 177 cm³/mol. The third kappa shape index (κ3) is 3.81. The largest absolute Gasteiger partial charge is 0.397 e. The monoisotopic (exact) mass is 638 g/mol. The highest BCUT2D eigenvalue weighted by Gasteiger charge is 2.59. The molecule has 2 heterocycles. The van der Waals surface area contributed by atoms with Crippen molar-refractivity contribution in [2.24, 2.45) is 29.1 Å². The van der Waals surface area contributed by atoms with Crippen LogP contribution in [0.4, 0.5) is 5.69 Å². The maximum atomic E-state index is 13.7. The van der Waals surface area contributed by atoms with Gasteiger partial charge in [0.15, 0.2) is 0 Å². The number of pyridine rings is 1. The van der Waals surface area contributed by atoms with Crippen LogP contribution in [-0.2, 0) is 11.8 Å². The Balaban J connectivity index is 1.28. The van der Waals surface area contributed by atoms with Crippen molar-refractivity contribution < 1.29 is 4.79 Å². The van der Waals surface area contributed by atoms with E-state index in [0.29, 0.717) is 27.5 Å². The van der Waals surface area contributed by atoms with Gasteiger partial charge in [-0.15, -0.1) is 11.3 Å². The number of aromatic nitrogens is 1. The van der Waals surface area contributed by atoms with Crippen LogP contribution in [0.1, 0.15) is 91.7 Å². The first kappa shape index (κ1) is 27.1. The normalized spacial score (nSPS) is 31.7. The number of fused-ring (bicyclic) bond motifs is 8. The number of halogens is 1. The summed E-state index contributed by atoms with van der Waals surface area (Å²) in [6.45, 7) is 5.18. The highest BCUT2D eigenvalue weighted by atomic mass is 79.9. The number of hydrogen-bond donors (Lipinski definition) is 1. The van der Waals surface area contributed by atoms with Gasteiger partial charge >= 0.3 is 0 Å². The van der Waals surface area contributed by atoms with Gasteiger partial charge < -0.3 is 5.73 Å². The average molecular weight is 640 g/mol. The minimum Gasteiger partial charge on any atom is -0.397 e. The summed E-state index contributed by atoms with van der Waals surface area (Å²) in [5.41, 5.74) is 13.9. The molecular formula is C37H39BrN2OS. The first-order valence-electron chi connectivity index (χ1n) is 15.9. The van der Waals surface area contributed by atoms with Crippen molar-refractivity contribution in [1.82, 2.24) is 4.98 Å². The van der Waals surface area contributed by atoms with Gasteiger partial charge in [-0.25, -0.2) is 4.98 Å². The molecule has 2 aromatic heterocycles. The van der Waals surface area contributed by atoms with Crippen molar-refractivity contribution in [2.45, 2.75) is 77.0 Å². The number of benzene rings is 2. The molecule has 4 aliphatic carbocycles. The molecule has 42 heavy (non-hydrogen) atoms. The summed E-state index contributed by atoms with van der Waals surface area (Å²) in [6, 6.07) is 18.3. The number of hydrogen-bond acceptors (Lipinski definition) is 4. The molecule has 0 unspecified atom stereocenters. The molecule has 0 spiro atoms. The number of thiophene rings is 1. The fraction of sp³-hybridized carbons (Fsp3) is 0.459. The van der Waals surface area contributed by atoms with Crippen molar-refractivity contribution in [2.75, 3.05) is 5.73 Å². The molecule has 0 saturated heterocycles. The molecule has 5 heteroatoms. The molecule has 3 fully saturated rings. The van der Waals surface area contributed by atoms with Crippen LogP contribution in [0.15, 0.2) is 59.1 Å². The Kier molecular flexibility index (Phi) is 6.29. The molecule has 6 atom stereocenters. The molecule has 2 N–H and O–H groups in total. The molecule has 8 rings (SSSR count). The third-order valence-corrected chi connectivity index (χ3v) is 13.9. The molecule has 4 aliphatic rings. The summed E-state index contributed by atoms with van der Waals surface area (Å²) in [6.07, 6.45) is 12.1. The van der Waals surface area contributed by atoms with E-state index in [1.54, 1.807) is 0 Å². The lowest BCUT2D eigenvalue weighted by atomic mass is 9.45. The first-order chi connectivity index (χ1) is 20.3. The fourth-order valence-corrected chi connectivity index (χ4v) is 11.5. The first-order valence-corrected chi connectivity index (χ1v) is 17.5. The van der Waals surface area contributed by atoms with E-state index in [4.69, 9.17) is 10.7 Å². The zero-order valence-corrected chi connectivity index (χ0v) is 27.0. The van der Waals surface area contributed by atoms with Gasteiger partial charge in [0.1, 0.15) is 9.71 Å². The van der Waals surface area contributed by atoms with Crippen molar-refractivity contribution in [1.29, 1.82) is 0 Å². The van der Waals surface area contributed by atoms with E-state index in [1.807, 2.05) is 24.3 Å². The molecule has 2 aromatic carbocycles. The molecule has 0 aliphatic heterocycles. The van der Waals surface area contributed by atoms with Crippen molar-refractivity contribution in [3.8, 4) is 11.1 Å². The summed E-state index contributed by atoms with van der Waals surface area (Å²) in [5.74, 6) is 3.13. The number of nitrogen functional groups attached to an aromatic ring is 1. The van der Waals surface area contributed by atoms with E-state index in [2.05, 4.69) is 60.1 Å². The molecule has 3 nitrogen and oxygen atoms in total. The Hall–Kier alpha value is -2.50. The minimum atomic E-state index is -0.0238. The predicted octanol–water partition coefficient (Wildman–Crippen LogP) is 9.99. The van der Waals surface area contributed by atoms with Crippen molar-refractivity contribution in [3.05, 3.63) is 80.8 Å². The van der Waals surface area contributed by atoms with Crippen LogP contribution in [0.2, 0.25) is 0 Å². The number of anilines is 1. The zero-order valence-electron chi connectivity index (χ0n) is 24.6. The Morgan fingerprint density at radius 3 is 2.52 bits per heavy atom.